The van der Waals surface area contributed by atoms with E-state index in [2.05, 4.69) is 20.8 Å². The molecule has 12 heavy (non-hydrogen) atoms. The van der Waals surface area contributed by atoms with Crippen molar-refractivity contribution in [2.24, 2.45) is 23.2 Å². The first-order valence-electron chi connectivity index (χ1n) is 5.25. The van der Waals surface area contributed by atoms with Crippen LogP contribution in [0, 0.1) is 23.2 Å². The maximum absolute atomic E-state index is 9.80. The van der Waals surface area contributed by atoms with Gasteiger partial charge < -0.3 is 5.11 Å². The summed E-state index contributed by atoms with van der Waals surface area (Å²) in [5.74, 6) is 2.20. The Kier molecular flexibility index (Phi) is 1.76. The lowest BCUT2D eigenvalue weighted by atomic mass is 9.44. The summed E-state index contributed by atoms with van der Waals surface area (Å²) in [6.45, 7) is 6.96. The fraction of sp³-hybridized carbons (Fsp3) is 1.00. The van der Waals surface area contributed by atoms with E-state index in [9.17, 15) is 5.11 Å². The van der Waals surface area contributed by atoms with E-state index in [0.29, 0.717) is 11.3 Å². The summed E-state index contributed by atoms with van der Waals surface area (Å²) in [4.78, 5) is 0. The van der Waals surface area contributed by atoms with Gasteiger partial charge in [-0.25, -0.2) is 0 Å². The molecule has 3 rings (SSSR count). The second-order valence-electron chi connectivity index (χ2n) is 5.24. The minimum atomic E-state index is 0.00627. The van der Waals surface area contributed by atoms with Gasteiger partial charge in [0, 0.05) is 0 Å². The van der Waals surface area contributed by atoms with Gasteiger partial charge in [0.2, 0.25) is 0 Å². The molecule has 3 fully saturated rings. The van der Waals surface area contributed by atoms with Crippen molar-refractivity contribution in [3.8, 4) is 0 Å². The summed E-state index contributed by atoms with van der Waals surface area (Å²) in [7, 11) is 0. The highest BCUT2D eigenvalue weighted by molar-refractivity contribution is 5.05. The largest absolute Gasteiger partial charge is 0.393 e. The monoisotopic (exact) mass is 168 g/mol. The van der Waals surface area contributed by atoms with Gasteiger partial charge in [0.25, 0.3) is 0 Å². The van der Waals surface area contributed by atoms with Crippen LogP contribution in [0.5, 0.6) is 0 Å². The Morgan fingerprint density at radius 3 is 2.42 bits per heavy atom. The predicted molar refractivity (Wildman–Crippen MR) is 49.8 cm³/mol. The summed E-state index contributed by atoms with van der Waals surface area (Å²) < 4.78 is 0. The molecule has 1 nitrogen and oxygen atoms in total. The molecule has 0 amide bonds. The first kappa shape index (κ1) is 8.55. The molecular weight excluding hydrogens is 148 g/mol. The zero-order valence-electron chi connectivity index (χ0n) is 8.38. The molecule has 0 radical (unpaired) electrons. The molecule has 2 bridgehead atoms. The Hall–Kier alpha value is -0.0400. The lowest BCUT2D eigenvalue weighted by Gasteiger charge is -2.61. The summed E-state index contributed by atoms with van der Waals surface area (Å²) >= 11 is 0. The van der Waals surface area contributed by atoms with Gasteiger partial charge in [0.05, 0.1) is 6.10 Å². The maximum atomic E-state index is 9.80. The van der Waals surface area contributed by atoms with Gasteiger partial charge in [-0.2, -0.15) is 0 Å². The van der Waals surface area contributed by atoms with Gasteiger partial charge in [0.1, 0.15) is 0 Å². The van der Waals surface area contributed by atoms with E-state index in [-0.39, 0.29) is 6.10 Å². The van der Waals surface area contributed by atoms with E-state index in [1.54, 1.807) is 0 Å². The third kappa shape index (κ3) is 0.891. The van der Waals surface area contributed by atoms with Gasteiger partial charge in [0.15, 0.2) is 0 Å². The molecule has 0 saturated heterocycles. The van der Waals surface area contributed by atoms with Crippen molar-refractivity contribution in [3.63, 3.8) is 0 Å². The summed E-state index contributed by atoms with van der Waals surface area (Å²) in [5.41, 5.74) is 0.528. The molecule has 1 N–H and O–H groups in total. The van der Waals surface area contributed by atoms with Gasteiger partial charge in [-0.1, -0.05) is 27.2 Å². The van der Waals surface area contributed by atoms with Crippen molar-refractivity contribution < 1.29 is 5.11 Å². The molecular formula is C11H20O. The second kappa shape index (κ2) is 2.47. The van der Waals surface area contributed by atoms with Crippen molar-refractivity contribution in [1.29, 1.82) is 0 Å². The second-order valence-corrected chi connectivity index (χ2v) is 5.24. The van der Waals surface area contributed by atoms with Crippen LogP contribution in [0.3, 0.4) is 0 Å². The fourth-order valence-corrected chi connectivity index (χ4v) is 3.47. The van der Waals surface area contributed by atoms with E-state index in [1.807, 2.05) is 0 Å². The molecule has 4 atom stereocenters. The van der Waals surface area contributed by atoms with Crippen LogP contribution in [0.4, 0.5) is 0 Å². The molecule has 0 aromatic carbocycles. The zero-order chi connectivity index (χ0) is 8.93. The Labute approximate surface area is 75.2 Å². The quantitative estimate of drug-likeness (QED) is 0.637. The third-order valence-electron chi connectivity index (χ3n) is 4.55. The number of aliphatic hydroxyl groups is 1. The molecule has 0 unspecified atom stereocenters. The molecule has 0 aromatic heterocycles. The van der Waals surface area contributed by atoms with Gasteiger partial charge in [-0.15, -0.1) is 0 Å². The number of hydrogen-bond acceptors (Lipinski definition) is 1. The van der Waals surface area contributed by atoms with Crippen LogP contribution in [0.1, 0.15) is 40.0 Å². The number of hydrogen-bond donors (Lipinski definition) is 1. The van der Waals surface area contributed by atoms with Crippen LogP contribution in [0.15, 0.2) is 0 Å². The number of aliphatic hydroxyl groups excluding tert-OH is 1. The van der Waals surface area contributed by atoms with Crippen molar-refractivity contribution >= 4 is 0 Å². The van der Waals surface area contributed by atoms with E-state index in [4.69, 9.17) is 0 Å². The maximum Gasteiger partial charge on any atom is 0.0574 e. The molecule has 3 aliphatic rings. The van der Waals surface area contributed by atoms with Crippen LogP contribution in [0.2, 0.25) is 0 Å². The minimum Gasteiger partial charge on any atom is -0.393 e. The van der Waals surface area contributed by atoms with Crippen molar-refractivity contribution in [2.75, 3.05) is 0 Å². The van der Waals surface area contributed by atoms with Crippen LogP contribution in [0.25, 0.3) is 0 Å². The predicted octanol–water partition coefficient (Wildman–Crippen LogP) is 2.44. The minimum absolute atomic E-state index is 0.00627. The van der Waals surface area contributed by atoms with Crippen LogP contribution < -0.4 is 0 Å². The van der Waals surface area contributed by atoms with Crippen LogP contribution in [-0.2, 0) is 0 Å². The van der Waals surface area contributed by atoms with Crippen LogP contribution >= 0.6 is 0 Å². The highest BCUT2D eigenvalue weighted by atomic mass is 16.3. The summed E-state index contributed by atoms with van der Waals surface area (Å²) in [6, 6.07) is 0. The molecule has 3 aliphatic carbocycles. The number of fused-ring (bicyclic) bond motifs is 2. The van der Waals surface area contributed by atoms with Crippen molar-refractivity contribution in [3.05, 3.63) is 0 Å². The molecule has 0 heterocycles. The first-order valence-corrected chi connectivity index (χ1v) is 5.25. The number of rotatable bonds is 1. The van der Waals surface area contributed by atoms with E-state index in [0.717, 1.165) is 24.7 Å². The average Bonchev–Trinajstić information content (AvgIpc) is 2.03. The van der Waals surface area contributed by atoms with E-state index in [1.165, 1.54) is 6.42 Å². The lowest BCUT2D eigenvalue weighted by Crippen LogP contribution is -2.57. The van der Waals surface area contributed by atoms with Crippen LogP contribution in [-0.4, -0.2) is 11.2 Å². The zero-order valence-corrected chi connectivity index (χ0v) is 8.38. The topological polar surface area (TPSA) is 20.2 Å². The normalized spacial score (nSPS) is 50.0. The van der Waals surface area contributed by atoms with E-state index < -0.39 is 0 Å². The Morgan fingerprint density at radius 1 is 1.33 bits per heavy atom. The molecule has 0 aliphatic heterocycles. The Bertz CT molecular complexity index is 185. The van der Waals surface area contributed by atoms with Gasteiger partial charge in [-0.05, 0) is 36.0 Å². The van der Waals surface area contributed by atoms with Gasteiger partial charge in [-0.3, -0.25) is 0 Å². The Morgan fingerprint density at radius 2 is 2.00 bits per heavy atom. The summed E-state index contributed by atoms with van der Waals surface area (Å²) in [5, 5.41) is 9.80. The third-order valence-corrected chi connectivity index (χ3v) is 4.55. The Balaban J connectivity index is 2.15. The highest BCUT2D eigenvalue weighted by Crippen LogP contribution is 2.61. The fourth-order valence-electron chi connectivity index (χ4n) is 3.47. The van der Waals surface area contributed by atoms with Gasteiger partial charge >= 0.3 is 0 Å². The molecule has 0 aromatic rings. The highest BCUT2D eigenvalue weighted by Gasteiger charge is 2.56. The molecule has 3 saturated carbocycles. The lowest BCUT2D eigenvalue weighted by molar-refractivity contribution is -0.161. The molecule has 0 spiro atoms. The standard InChI is InChI=1S/C11H20O/c1-4-8-9-5-7(6-10(8)12)11(9,2)3/h7-10,12H,4-6H2,1-3H3/t7-,8+,9+,10+/m1/s1. The average molecular weight is 168 g/mol. The summed E-state index contributed by atoms with van der Waals surface area (Å²) in [6.07, 6.45) is 3.60. The van der Waals surface area contributed by atoms with Crippen molar-refractivity contribution in [2.45, 2.75) is 46.1 Å². The van der Waals surface area contributed by atoms with Crippen molar-refractivity contribution in [1.82, 2.24) is 0 Å². The smallest absolute Gasteiger partial charge is 0.0574 e. The molecule has 70 valence electrons. The first-order chi connectivity index (χ1) is 5.57. The molecule has 1 heteroatoms. The SMILES string of the molecule is CC[C@@H]1[C@@H](O)C[C@H]2C[C@@H]1C2(C)C. The van der Waals surface area contributed by atoms with E-state index >= 15 is 0 Å².